The predicted octanol–water partition coefficient (Wildman–Crippen LogP) is 12.1. The average Bonchev–Trinajstić information content (AvgIpc) is 3.51. The van der Waals surface area contributed by atoms with Gasteiger partial charge in [0, 0.05) is 22.8 Å². The van der Waals surface area contributed by atoms with Crippen molar-refractivity contribution in [3.63, 3.8) is 0 Å². The molecule has 0 bridgehead atoms. The zero-order valence-corrected chi connectivity index (χ0v) is 33.0. The van der Waals surface area contributed by atoms with Gasteiger partial charge in [-0.15, -0.1) is 52.6 Å². The van der Waals surface area contributed by atoms with Crippen LogP contribution in [0.1, 0.15) is 79.0 Å². The minimum Gasteiger partial charge on any atom is -0.460 e. The van der Waals surface area contributed by atoms with E-state index in [0.717, 1.165) is 66.8 Å². The van der Waals surface area contributed by atoms with Crippen molar-refractivity contribution in [2.45, 2.75) is 78.6 Å². The van der Waals surface area contributed by atoms with Gasteiger partial charge in [0.2, 0.25) is 5.88 Å². The summed E-state index contributed by atoms with van der Waals surface area (Å²) in [5.74, 6) is 1.85. The summed E-state index contributed by atoms with van der Waals surface area (Å²) in [7, 11) is 0. The quantitative estimate of drug-likeness (QED) is 0.161. The van der Waals surface area contributed by atoms with E-state index in [1.54, 1.807) is 6.33 Å². The molecule has 0 aliphatic carbocycles. The van der Waals surface area contributed by atoms with E-state index in [0.29, 0.717) is 11.6 Å². The van der Waals surface area contributed by atoms with Crippen LogP contribution in [0.2, 0.25) is 0 Å². The molecule has 3 heterocycles. The molecule has 0 aliphatic heterocycles. The molecule has 0 spiro atoms. The van der Waals surface area contributed by atoms with Gasteiger partial charge in [0.25, 0.3) is 0 Å². The number of aromatic nitrogens is 3. The second kappa shape index (κ2) is 13.5. The maximum absolute atomic E-state index is 6.67. The first-order valence-electron chi connectivity index (χ1n) is 17.2. The van der Waals surface area contributed by atoms with Crippen molar-refractivity contribution in [2.24, 2.45) is 0 Å². The SMILES string of the molecule is CC(C)(C)c1cc[c-]c(-c2cc(C(C)(C)C)cc(Oc3[c-]c(-c4ncnc5c(-c6cc7ccccc7o6)cccc45)cc(C(C)(C)C)c3)n2)c1.[Pt+2]. The van der Waals surface area contributed by atoms with Crippen molar-refractivity contribution in [2.75, 3.05) is 0 Å². The monoisotopic (exact) mass is 852 g/mol. The van der Waals surface area contributed by atoms with Gasteiger partial charge in [0.1, 0.15) is 17.7 Å². The van der Waals surface area contributed by atoms with Crippen LogP contribution in [0.25, 0.3) is 55.7 Å². The number of fused-ring (bicyclic) bond motifs is 2. The topological polar surface area (TPSA) is 61.0 Å². The number of nitrogens with zero attached hydrogens (tertiary/aromatic N) is 3. The van der Waals surface area contributed by atoms with Crippen molar-refractivity contribution in [3.05, 3.63) is 126 Å². The summed E-state index contributed by atoms with van der Waals surface area (Å²) in [6.07, 6.45) is 1.62. The zero-order valence-electron chi connectivity index (χ0n) is 30.7. The smallest absolute Gasteiger partial charge is 0.460 e. The van der Waals surface area contributed by atoms with Crippen LogP contribution < -0.4 is 4.74 Å². The van der Waals surface area contributed by atoms with Gasteiger partial charge in [-0.25, -0.2) is 4.98 Å². The molecule has 0 aliphatic rings. The van der Waals surface area contributed by atoms with Crippen molar-refractivity contribution in [1.82, 2.24) is 15.0 Å². The molecule has 4 aromatic carbocycles. The maximum atomic E-state index is 6.67. The number of para-hydroxylation sites is 2. The van der Waals surface area contributed by atoms with Gasteiger partial charge in [0.15, 0.2) is 0 Å². The van der Waals surface area contributed by atoms with Crippen LogP contribution in [0.4, 0.5) is 0 Å². The normalized spacial score (nSPS) is 12.3. The summed E-state index contributed by atoms with van der Waals surface area (Å²) in [6.45, 7) is 19.9. The van der Waals surface area contributed by atoms with Crippen molar-refractivity contribution in [1.29, 1.82) is 0 Å². The van der Waals surface area contributed by atoms with Gasteiger partial charge in [-0.2, -0.15) is 0 Å². The van der Waals surface area contributed by atoms with Crippen LogP contribution in [0.15, 0.2) is 102 Å². The van der Waals surface area contributed by atoms with Crippen LogP contribution >= 0.6 is 0 Å². The Hall–Kier alpha value is -4.60. The molecule has 0 atom stereocenters. The summed E-state index contributed by atoms with van der Waals surface area (Å²) in [4.78, 5) is 14.6. The summed E-state index contributed by atoms with van der Waals surface area (Å²) < 4.78 is 12.9. The van der Waals surface area contributed by atoms with E-state index in [9.17, 15) is 0 Å². The van der Waals surface area contributed by atoms with Crippen LogP contribution in [0.5, 0.6) is 11.6 Å². The van der Waals surface area contributed by atoms with E-state index in [1.807, 2.05) is 42.5 Å². The number of benzene rings is 4. The third-order valence-corrected chi connectivity index (χ3v) is 9.15. The van der Waals surface area contributed by atoms with E-state index in [1.165, 1.54) is 5.56 Å². The van der Waals surface area contributed by atoms with Gasteiger partial charge < -0.3 is 9.15 Å². The molecule has 7 rings (SSSR count). The second-order valence-electron chi connectivity index (χ2n) is 16.1. The van der Waals surface area contributed by atoms with E-state index >= 15 is 0 Å². The summed E-state index contributed by atoms with van der Waals surface area (Å²) in [6, 6.07) is 37.9. The minimum atomic E-state index is -0.168. The molecule has 7 aromatic rings. The zero-order chi connectivity index (χ0) is 35.4. The van der Waals surface area contributed by atoms with Gasteiger partial charge >= 0.3 is 21.1 Å². The molecule has 6 heteroatoms. The van der Waals surface area contributed by atoms with Gasteiger partial charge in [-0.3, -0.25) is 9.97 Å². The average molecular weight is 853 g/mol. The van der Waals surface area contributed by atoms with Crippen LogP contribution in [-0.4, -0.2) is 15.0 Å². The van der Waals surface area contributed by atoms with Crippen molar-refractivity contribution in [3.8, 4) is 45.5 Å². The number of pyridine rings is 1. The van der Waals surface area contributed by atoms with E-state index in [4.69, 9.17) is 24.1 Å². The Morgan fingerprint density at radius 3 is 2.10 bits per heavy atom. The standard InChI is InChI=1S/C45H43N3O2.Pt/c1-43(2,3)31-16-12-15-28(20-31)37-25-33(45(7,8)9)26-40(48-37)49-34-22-30(21-32(24-34)44(4,5)6)41-36-18-13-17-35(42(36)47-27-46-41)39-23-29-14-10-11-19-38(29)50-39;/h10-14,16-21,23-27H,1-9H3;/q-2;+2. The van der Waals surface area contributed by atoms with Crippen LogP contribution in [0.3, 0.4) is 0 Å². The molecule has 0 saturated heterocycles. The number of furan rings is 1. The third kappa shape index (κ3) is 7.55. The number of hydrogen-bond donors (Lipinski definition) is 0. The van der Waals surface area contributed by atoms with Crippen LogP contribution in [0, 0.1) is 12.1 Å². The minimum absolute atomic E-state index is 0. The van der Waals surface area contributed by atoms with E-state index < -0.39 is 0 Å². The molecule has 0 amide bonds. The first kappa shape index (κ1) is 36.2. The van der Waals surface area contributed by atoms with Gasteiger partial charge in [0.05, 0.1) is 5.52 Å². The summed E-state index contributed by atoms with van der Waals surface area (Å²) in [5.41, 5.74) is 9.08. The molecule has 0 radical (unpaired) electrons. The first-order valence-corrected chi connectivity index (χ1v) is 17.2. The van der Waals surface area contributed by atoms with Gasteiger partial charge in [-0.1, -0.05) is 111 Å². The molecule has 0 unspecified atom stereocenters. The molecular formula is C45H43N3O2Pt. The Labute approximate surface area is 315 Å². The number of ether oxygens (including phenoxy) is 1. The maximum Gasteiger partial charge on any atom is 2.00 e. The molecule has 5 nitrogen and oxygen atoms in total. The predicted molar refractivity (Wildman–Crippen MR) is 204 cm³/mol. The van der Waals surface area contributed by atoms with Crippen molar-refractivity contribution < 1.29 is 30.2 Å². The Kier molecular flexibility index (Phi) is 9.59. The Bertz CT molecular complexity index is 2340. The van der Waals surface area contributed by atoms with Gasteiger partial charge in [-0.05, 0) is 56.8 Å². The molecule has 0 fully saturated rings. The summed E-state index contributed by atoms with van der Waals surface area (Å²) >= 11 is 0. The Balaban J connectivity index is 0.00000448. The number of rotatable bonds is 5. The first-order chi connectivity index (χ1) is 23.6. The fourth-order valence-electron chi connectivity index (χ4n) is 6.10. The molecule has 3 aromatic heterocycles. The largest absolute Gasteiger partial charge is 2.00 e. The van der Waals surface area contributed by atoms with Crippen LogP contribution in [-0.2, 0) is 37.3 Å². The van der Waals surface area contributed by atoms with Crippen molar-refractivity contribution >= 4 is 21.9 Å². The number of hydrogen-bond acceptors (Lipinski definition) is 5. The fraction of sp³-hybridized carbons (Fsp3) is 0.267. The Morgan fingerprint density at radius 1 is 0.667 bits per heavy atom. The molecule has 260 valence electrons. The third-order valence-electron chi connectivity index (χ3n) is 9.15. The summed E-state index contributed by atoms with van der Waals surface area (Å²) in [5, 5.41) is 1.96. The fourth-order valence-corrected chi connectivity index (χ4v) is 6.10. The van der Waals surface area contributed by atoms with E-state index in [-0.39, 0.29) is 37.3 Å². The molecular weight excluding hydrogens is 810 g/mol. The molecule has 0 saturated carbocycles. The molecule has 0 N–H and O–H groups in total. The molecule has 51 heavy (non-hydrogen) atoms. The Morgan fingerprint density at radius 2 is 1.37 bits per heavy atom. The van der Waals surface area contributed by atoms with E-state index in [2.05, 4.69) is 123 Å². The second-order valence-corrected chi connectivity index (χ2v) is 16.1.